The number of fused-ring (bicyclic) bond motifs is 1. The number of thiophene rings is 1. The number of nitrogens with zero attached hydrogens (tertiary/aromatic N) is 1. The molecule has 2 heterocycles. The van der Waals surface area contributed by atoms with Crippen molar-refractivity contribution in [1.82, 2.24) is 5.32 Å². The minimum Gasteiger partial charge on any atom is -0.313 e. The van der Waals surface area contributed by atoms with Crippen molar-refractivity contribution in [2.45, 2.75) is 19.9 Å². The molecular weight excluding hydrogens is 234 g/mol. The van der Waals surface area contributed by atoms with Crippen LogP contribution in [0.5, 0.6) is 0 Å². The highest BCUT2D eigenvalue weighted by Gasteiger charge is 2.20. The summed E-state index contributed by atoms with van der Waals surface area (Å²) in [5.41, 5.74) is 1.72. The van der Waals surface area contributed by atoms with E-state index >= 15 is 0 Å². The Balaban J connectivity index is 2.31. The molecule has 17 heavy (non-hydrogen) atoms. The van der Waals surface area contributed by atoms with E-state index in [0.29, 0.717) is 10.6 Å². The van der Waals surface area contributed by atoms with Gasteiger partial charge in [0, 0.05) is 11.4 Å². The average molecular weight is 247 g/mol. The molecule has 0 aliphatic carbocycles. The summed E-state index contributed by atoms with van der Waals surface area (Å²) >= 11 is 1.49. The Morgan fingerprint density at radius 1 is 1.65 bits per heavy atom. The molecule has 1 aromatic rings. The van der Waals surface area contributed by atoms with Gasteiger partial charge < -0.3 is 10.6 Å². The minimum absolute atomic E-state index is 0.185. The van der Waals surface area contributed by atoms with Crippen LogP contribution in [0.1, 0.15) is 22.9 Å². The van der Waals surface area contributed by atoms with Crippen molar-refractivity contribution in [3.63, 3.8) is 0 Å². The number of carbonyl (C=O) groups excluding carboxylic acids is 1. The largest absolute Gasteiger partial charge is 0.313 e. The van der Waals surface area contributed by atoms with Crippen LogP contribution < -0.4 is 10.6 Å². The van der Waals surface area contributed by atoms with Gasteiger partial charge in [-0.2, -0.15) is 5.26 Å². The lowest BCUT2D eigenvalue weighted by molar-refractivity contribution is -0.111. The topological polar surface area (TPSA) is 64.9 Å². The molecule has 1 aliphatic rings. The molecule has 1 aromatic heterocycles. The van der Waals surface area contributed by atoms with Crippen LogP contribution in [0.3, 0.4) is 0 Å². The van der Waals surface area contributed by atoms with Gasteiger partial charge in [-0.15, -0.1) is 11.3 Å². The van der Waals surface area contributed by atoms with E-state index in [1.807, 2.05) is 0 Å². The van der Waals surface area contributed by atoms with Gasteiger partial charge >= 0.3 is 0 Å². The number of rotatable bonds is 2. The lowest BCUT2D eigenvalue weighted by atomic mass is 10.1. The second-order valence-corrected chi connectivity index (χ2v) is 4.84. The van der Waals surface area contributed by atoms with E-state index in [1.54, 1.807) is 13.0 Å². The Morgan fingerprint density at radius 2 is 2.47 bits per heavy atom. The molecule has 0 saturated carbocycles. The van der Waals surface area contributed by atoms with Gasteiger partial charge in [-0.3, -0.25) is 4.79 Å². The standard InChI is InChI=1S/C12H13N3OS/c1-2-3-11(16)15-12-9(6-13)8-4-5-14-7-10(8)17-12/h2-3,14H,4-5,7H2,1H3,(H,15,16). The number of nitriles is 1. The fourth-order valence-corrected chi connectivity index (χ4v) is 3.02. The van der Waals surface area contributed by atoms with E-state index < -0.39 is 0 Å². The van der Waals surface area contributed by atoms with Crippen LogP contribution in [0, 0.1) is 11.3 Å². The Kier molecular flexibility index (Phi) is 3.57. The van der Waals surface area contributed by atoms with E-state index in [2.05, 4.69) is 16.7 Å². The van der Waals surface area contributed by atoms with Crippen molar-refractivity contribution in [2.75, 3.05) is 11.9 Å². The van der Waals surface area contributed by atoms with Gasteiger partial charge in [0.15, 0.2) is 0 Å². The Morgan fingerprint density at radius 3 is 3.18 bits per heavy atom. The highest BCUT2D eigenvalue weighted by atomic mass is 32.1. The molecule has 0 aromatic carbocycles. The highest BCUT2D eigenvalue weighted by Crippen LogP contribution is 2.34. The predicted molar refractivity (Wildman–Crippen MR) is 67.9 cm³/mol. The molecule has 0 bridgehead atoms. The molecule has 0 atom stereocenters. The SMILES string of the molecule is CC=CC(=O)Nc1sc2c(c1C#N)CCNC2. The molecular formula is C12H13N3OS. The monoisotopic (exact) mass is 247 g/mol. The van der Waals surface area contributed by atoms with Gasteiger partial charge in [-0.1, -0.05) is 6.08 Å². The van der Waals surface area contributed by atoms with Crippen LogP contribution in [0.4, 0.5) is 5.00 Å². The van der Waals surface area contributed by atoms with E-state index in [-0.39, 0.29) is 5.91 Å². The van der Waals surface area contributed by atoms with Crippen LogP contribution in [-0.2, 0) is 17.8 Å². The summed E-state index contributed by atoms with van der Waals surface area (Å²) in [7, 11) is 0. The molecule has 0 unspecified atom stereocenters. The summed E-state index contributed by atoms with van der Waals surface area (Å²) in [4.78, 5) is 12.6. The lowest BCUT2D eigenvalue weighted by Crippen LogP contribution is -2.22. The van der Waals surface area contributed by atoms with E-state index in [9.17, 15) is 10.1 Å². The van der Waals surface area contributed by atoms with E-state index in [4.69, 9.17) is 0 Å². The normalized spacial score (nSPS) is 14.4. The third-order valence-electron chi connectivity index (χ3n) is 2.59. The fourth-order valence-electron chi connectivity index (χ4n) is 1.85. The van der Waals surface area contributed by atoms with Crippen molar-refractivity contribution in [1.29, 1.82) is 5.26 Å². The summed E-state index contributed by atoms with van der Waals surface area (Å²) in [6, 6.07) is 2.20. The van der Waals surface area contributed by atoms with Crippen molar-refractivity contribution < 1.29 is 4.79 Å². The van der Waals surface area contributed by atoms with Crippen LogP contribution in [0.15, 0.2) is 12.2 Å². The van der Waals surface area contributed by atoms with Gasteiger partial charge in [-0.25, -0.2) is 0 Å². The number of carbonyl (C=O) groups is 1. The maximum Gasteiger partial charge on any atom is 0.248 e. The Hall–Kier alpha value is -1.64. The smallest absolute Gasteiger partial charge is 0.248 e. The Bertz CT molecular complexity index is 511. The number of hydrogen-bond acceptors (Lipinski definition) is 4. The summed E-state index contributed by atoms with van der Waals surface area (Å²) in [5.74, 6) is -0.185. The maximum atomic E-state index is 11.5. The molecule has 2 N–H and O–H groups in total. The zero-order chi connectivity index (χ0) is 12.3. The van der Waals surface area contributed by atoms with Crippen LogP contribution in [-0.4, -0.2) is 12.5 Å². The third-order valence-corrected chi connectivity index (χ3v) is 3.74. The first kappa shape index (κ1) is 11.8. The van der Waals surface area contributed by atoms with Crippen LogP contribution in [0.25, 0.3) is 0 Å². The minimum atomic E-state index is -0.185. The number of hydrogen-bond donors (Lipinski definition) is 2. The van der Waals surface area contributed by atoms with Crippen molar-refractivity contribution in [3.05, 3.63) is 28.2 Å². The summed E-state index contributed by atoms with van der Waals surface area (Å²) in [6.07, 6.45) is 3.99. The molecule has 4 nitrogen and oxygen atoms in total. The van der Waals surface area contributed by atoms with Crippen molar-refractivity contribution >= 4 is 22.2 Å². The molecule has 0 saturated heterocycles. The average Bonchev–Trinajstić information content (AvgIpc) is 2.66. The van der Waals surface area contributed by atoms with E-state index in [1.165, 1.54) is 17.4 Å². The molecule has 1 aliphatic heterocycles. The predicted octanol–water partition coefficient (Wildman–Crippen LogP) is 1.78. The molecule has 88 valence electrons. The van der Waals surface area contributed by atoms with Gasteiger partial charge in [0.25, 0.3) is 0 Å². The molecule has 2 rings (SSSR count). The molecule has 5 heteroatoms. The van der Waals surface area contributed by atoms with Gasteiger partial charge in [0.2, 0.25) is 5.91 Å². The van der Waals surface area contributed by atoms with Crippen LogP contribution >= 0.6 is 11.3 Å². The second kappa shape index (κ2) is 5.13. The van der Waals surface area contributed by atoms with Gasteiger partial charge in [0.05, 0.1) is 5.56 Å². The van der Waals surface area contributed by atoms with Gasteiger partial charge in [-0.05, 0) is 31.5 Å². The number of allylic oxidation sites excluding steroid dienone is 1. The Labute approximate surface area is 104 Å². The molecule has 0 radical (unpaired) electrons. The summed E-state index contributed by atoms with van der Waals surface area (Å²) in [6.45, 7) is 3.46. The number of nitrogens with one attached hydrogen (secondary N) is 2. The van der Waals surface area contributed by atoms with E-state index in [0.717, 1.165) is 30.0 Å². The van der Waals surface area contributed by atoms with Crippen LogP contribution in [0.2, 0.25) is 0 Å². The maximum absolute atomic E-state index is 11.5. The third kappa shape index (κ3) is 2.38. The lowest BCUT2D eigenvalue weighted by Gasteiger charge is -2.11. The molecule has 0 spiro atoms. The molecule has 0 fully saturated rings. The van der Waals surface area contributed by atoms with Gasteiger partial charge in [0.1, 0.15) is 11.1 Å². The number of amides is 1. The summed E-state index contributed by atoms with van der Waals surface area (Å²) < 4.78 is 0. The van der Waals surface area contributed by atoms with Crippen molar-refractivity contribution in [3.8, 4) is 6.07 Å². The molecule has 1 amide bonds. The quantitative estimate of drug-likeness (QED) is 0.783. The summed E-state index contributed by atoms with van der Waals surface area (Å²) in [5, 5.41) is 15.9. The zero-order valence-electron chi connectivity index (χ0n) is 9.54. The highest BCUT2D eigenvalue weighted by molar-refractivity contribution is 7.16. The first-order valence-electron chi connectivity index (χ1n) is 5.45. The fraction of sp³-hybridized carbons (Fsp3) is 0.333. The van der Waals surface area contributed by atoms with Crippen molar-refractivity contribution in [2.24, 2.45) is 0 Å². The number of anilines is 1. The zero-order valence-corrected chi connectivity index (χ0v) is 10.4. The first-order valence-corrected chi connectivity index (χ1v) is 6.27. The first-order chi connectivity index (χ1) is 8.26. The second-order valence-electron chi connectivity index (χ2n) is 3.74.